The molecule has 4 rings (SSSR count). The molecule has 0 fully saturated rings. The molecular weight excluding hydrogens is 374 g/mol. The van der Waals surface area contributed by atoms with E-state index in [9.17, 15) is 4.79 Å². The van der Waals surface area contributed by atoms with Crippen LogP contribution in [0.4, 0.5) is 5.69 Å². The molecule has 8 nitrogen and oxygen atoms in total. The van der Waals surface area contributed by atoms with Gasteiger partial charge in [-0.25, -0.2) is 9.67 Å². The summed E-state index contributed by atoms with van der Waals surface area (Å²) >= 11 is 1.68. The molecule has 0 saturated heterocycles. The van der Waals surface area contributed by atoms with Crippen molar-refractivity contribution in [3.63, 3.8) is 0 Å². The van der Waals surface area contributed by atoms with E-state index in [0.29, 0.717) is 0 Å². The molecule has 0 radical (unpaired) electrons. The van der Waals surface area contributed by atoms with Crippen molar-refractivity contribution >= 4 is 34.4 Å². The molecule has 0 spiro atoms. The van der Waals surface area contributed by atoms with Crippen LogP contribution in [0.1, 0.15) is 11.4 Å². The van der Waals surface area contributed by atoms with Crippen molar-refractivity contribution in [1.29, 1.82) is 0 Å². The van der Waals surface area contributed by atoms with Crippen LogP contribution in [0.15, 0.2) is 48.8 Å². The number of hydrogen-bond donors (Lipinski definition) is 1. The van der Waals surface area contributed by atoms with Gasteiger partial charge < -0.3 is 9.88 Å². The van der Waals surface area contributed by atoms with E-state index >= 15 is 0 Å². The lowest BCUT2D eigenvalue weighted by molar-refractivity contribution is -0.116. The summed E-state index contributed by atoms with van der Waals surface area (Å²) in [5, 5.41) is 14.2. The number of anilines is 1. The topological polar surface area (TPSA) is 90.5 Å². The first-order valence-electron chi connectivity index (χ1n) is 8.72. The lowest BCUT2D eigenvalue weighted by Crippen LogP contribution is -2.20. The zero-order valence-electron chi connectivity index (χ0n) is 15.5. The second-order valence-electron chi connectivity index (χ2n) is 6.34. The summed E-state index contributed by atoms with van der Waals surface area (Å²) in [6.45, 7) is 2.16. The third-order valence-electron chi connectivity index (χ3n) is 4.39. The fourth-order valence-corrected chi connectivity index (χ4v) is 3.63. The van der Waals surface area contributed by atoms with Crippen molar-refractivity contribution in [2.24, 2.45) is 0 Å². The third kappa shape index (κ3) is 3.61. The number of aromatic nitrogens is 6. The van der Waals surface area contributed by atoms with Crippen LogP contribution >= 0.6 is 11.8 Å². The molecule has 0 aliphatic rings. The van der Waals surface area contributed by atoms with Crippen LogP contribution in [-0.4, -0.2) is 41.9 Å². The third-order valence-corrected chi connectivity index (χ3v) is 4.93. The van der Waals surface area contributed by atoms with Crippen molar-refractivity contribution in [3.05, 3.63) is 60.2 Å². The minimum absolute atomic E-state index is 0.0971. The summed E-state index contributed by atoms with van der Waals surface area (Å²) in [5.41, 5.74) is 4.43. The van der Waals surface area contributed by atoms with Crippen LogP contribution in [0, 0.1) is 6.92 Å². The molecule has 9 heteroatoms. The molecule has 1 N–H and O–H groups in total. The zero-order chi connectivity index (χ0) is 19.5. The number of nitrogens with zero attached hydrogens (tertiary/aromatic N) is 6. The molecule has 142 valence electrons. The average Bonchev–Trinajstić information content (AvgIpc) is 3.31. The summed E-state index contributed by atoms with van der Waals surface area (Å²) in [4.78, 5) is 17.4. The number of amides is 1. The highest BCUT2D eigenvalue weighted by Gasteiger charge is 2.14. The number of hydrogen-bond acceptors (Lipinski definition) is 6. The van der Waals surface area contributed by atoms with E-state index in [4.69, 9.17) is 0 Å². The largest absolute Gasteiger partial charge is 0.325 e. The Kier molecular flexibility index (Phi) is 5.07. The summed E-state index contributed by atoms with van der Waals surface area (Å²) in [6, 6.07) is 13.5. The molecule has 2 aromatic carbocycles. The summed E-state index contributed by atoms with van der Waals surface area (Å²) in [7, 11) is 0. The van der Waals surface area contributed by atoms with Crippen LogP contribution in [0.5, 0.6) is 0 Å². The van der Waals surface area contributed by atoms with E-state index in [2.05, 4.69) is 25.8 Å². The van der Waals surface area contributed by atoms with Gasteiger partial charge in [-0.05, 0) is 59.5 Å². The van der Waals surface area contributed by atoms with Gasteiger partial charge >= 0.3 is 0 Å². The minimum atomic E-state index is -0.0971. The number of rotatable bonds is 6. The highest BCUT2D eigenvalue weighted by Crippen LogP contribution is 2.20. The fraction of sp³-hybridized carbons (Fsp3) is 0.211. The Labute approximate surface area is 166 Å². The molecule has 0 saturated carbocycles. The summed E-state index contributed by atoms with van der Waals surface area (Å²) in [6.07, 6.45) is 3.57. The molecule has 1 amide bonds. The summed E-state index contributed by atoms with van der Waals surface area (Å²) in [5.74, 6) is 1.55. The number of carbonyl (C=O) groups excluding carboxylic acids is 1. The number of thioether (sulfide) groups is 1. The SMILES string of the molecule is CSCc1nc2ccccc2n1CC(=O)Nc1ccc(-n2cnnn2)c(C)c1. The first kappa shape index (κ1) is 18.2. The predicted octanol–water partition coefficient (Wildman–Crippen LogP) is 2.82. The van der Waals surface area contributed by atoms with Gasteiger partial charge in [-0.3, -0.25) is 4.79 Å². The maximum absolute atomic E-state index is 12.7. The summed E-state index contributed by atoms with van der Waals surface area (Å²) < 4.78 is 3.57. The Hall–Kier alpha value is -3.20. The molecule has 2 heterocycles. The number of aryl methyl sites for hydroxylation is 1. The van der Waals surface area contributed by atoms with Gasteiger partial charge in [0.25, 0.3) is 0 Å². The van der Waals surface area contributed by atoms with E-state index < -0.39 is 0 Å². The number of tetrazole rings is 1. The number of fused-ring (bicyclic) bond motifs is 1. The highest BCUT2D eigenvalue weighted by molar-refractivity contribution is 7.97. The molecule has 4 aromatic rings. The van der Waals surface area contributed by atoms with Crippen LogP contribution in [0.3, 0.4) is 0 Å². The highest BCUT2D eigenvalue weighted by atomic mass is 32.2. The second kappa shape index (κ2) is 7.81. The standard InChI is InChI=1S/C19H19N7OS/c1-13-9-14(7-8-16(13)26-12-20-23-24-26)21-19(27)10-25-17-6-4-3-5-15(17)22-18(25)11-28-2/h3-9,12H,10-11H2,1-2H3,(H,21,27). The van der Waals surface area contributed by atoms with Crippen molar-refractivity contribution in [3.8, 4) is 5.69 Å². The molecular formula is C19H19N7OS. The van der Waals surface area contributed by atoms with Gasteiger partial charge in [0.05, 0.1) is 22.5 Å². The van der Waals surface area contributed by atoms with E-state index in [1.54, 1.807) is 16.4 Å². The van der Waals surface area contributed by atoms with Crippen molar-refractivity contribution in [2.75, 3.05) is 11.6 Å². The second-order valence-corrected chi connectivity index (χ2v) is 7.21. The van der Waals surface area contributed by atoms with Crippen LogP contribution < -0.4 is 5.32 Å². The maximum Gasteiger partial charge on any atom is 0.244 e. The Bertz CT molecular complexity index is 1120. The number of nitrogens with one attached hydrogen (secondary N) is 1. The number of para-hydroxylation sites is 2. The molecule has 28 heavy (non-hydrogen) atoms. The molecule has 0 bridgehead atoms. The zero-order valence-corrected chi connectivity index (χ0v) is 16.3. The molecule has 0 atom stereocenters. The van der Waals surface area contributed by atoms with Crippen molar-refractivity contribution in [2.45, 2.75) is 19.2 Å². The first-order chi connectivity index (χ1) is 13.7. The lowest BCUT2D eigenvalue weighted by atomic mass is 10.2. The van der Waals surface area contributed by atoms with Gasteiger partial charge in [0.2, 0.25) is 5.91 Å². The molecule has 0 unspecified atom stereocenters. The normalized spacial score (nSPS) is 11.1. The fourth-order valence-electron chi connectivity index (χ4n) is 3.15. The van der Waals surface area contributed by atoms with E-state index in [0.717, 1.165) is 39.5 Å². The van der Waals surface area contributed by atoms with Gasteiger partial charge in [0.15, 0.2) is 0 Å². The number of carbonyl (C=O) groups is 1. The molecule has 2 aromatic heterocycles. The quantitative estimate of drug-likeness (QED) is 0.542. The molecule has 0 aliphatic carbocycles. The van der Waals surface area contributed by atoms with Crippen LogP contribution in [0.2, 0.25) is 0 Å². The van der Waals surface area contributed by atoms with Gasteiger partial charge in [-0.15, -0.1) is 5.10 Å². The predicted molar refractivity (Wildman–Crippen MR) is 109 cm³/mol. The monoisotopic (exact) mass is 393 g/mol. The van der Waals surface area contributed by atoms with Gasteiger partial charge in [-0.1, -0.05) is 12.1 Å². The Balaban J connectivity index is 1.54. The van der Waals surface area contributed by atoms with Crippen LogP contribution in [-0.2, 0) is 17.1 Å². The first-order valence-corrected chi connectivity index (χ1v) is 10.1. The Morgan fingerprint density at radius 3 is 2.82 bits per heavy atom. The minimum Gasteiger partial charge on any atom is -0.325 e. The van der Waals surface area contributed by atoms with E-state index in [1.165, 1.54) is 6.33 Å². The van der Waals surface area contributed by atoms with Gasteiger partial charge in [-0.2, -0.15) is 11.8 Å². The molecule has 0 aliphatic heterocycles. The van der Waals surface area contributed by atoms with Crippen molar-refractivity contribution < 1.29 is 4.79 Å². The Morgan fingerprint density at radius 1 is 1.21 bits per heavy atom. The maximum atomic E-state index is 12.7. The van der Waals surface area contributed by atoms with E-state index in [1.807, 2.05) is 60.2 Å². The smallest absolute Gasteiger partial charge is 0.244 e. The number of imidazole rings is 1. The van der Waals surface area contributed by atoms with Crippen molar-refractivity contribution in [1.82, 2.24) is 29.8 Å². The van der Waals surface area contributed by atoms with Gasteiger partial charge in [0.1, 0.15) is 18.7 Å². The van der Waals surface area contributed by atoms with E-state index in [-0.39, 0.29) is 12.5 Å². The lowest BCUT2D eigenvalue weighted by Gasteiger charge is -2.11. The van der Waals surface area contributed by atoms with Gasteiger partial charge in [0, 0.05) is 5.69 Å². The Morgan fingerprint density at radius 2 is 2.07 bits per heavy atom. The average molecular weight is 393 g/mol. The van der Waals surface area contributed by atoms with Crippen LogP contribution in [0.25, 0.3) is 16.7 Å². The number of benzene rings is 2.